The molecule has 4 aromatic carbocycles. The third kappa shape index (κ3) is 2.54. The van der Waals surface area contributed by atoms with Crippen molar-refractivity contribution in [2.75, 3.05) is 0 Å². The van der Waals surface area contributed by atoms with Gasteiger partial charge in [0.05, 0.1) is 16.7 Å². The highest BCUT2D eigenvalue weighted by Crippen LogP contribution is 2.33. The van der Waals surface area contributed by atoms with E-state index < -0.39 is 0 Å². The fourth-order valence-corrected chi connectivity index (χ4v) is 3.51. The maximum absolute atomic E-state index is 13.4. The summed E-state index contributed by atoms with van der Waals surface area (Å²) in [6.45, 7) is 0. The Morgan fingerprint density at radius 1 is 0.815 bits per heavy atom. The van der Waals surface area contributed by atoms with Crippen molar-refractivity contribution in [3.63, 3.8) is 0 Å². The second-order valence-corrected chi connectivity index (χ2v) is 6.45. The summed E-state index contributed by atoms with van der Waals surface area (Å²) < 4.78 is 15.5. The molecule has 130 valence electrons. The van der Waals surface area contributed by atoms with Crippen LogP contribution in [0.15, 0.2) is 84.9 Å². The van der Waals surface area contributed by atoms with Gasteiger partial charge in [0, 0.05) is 17.0 Å². The molecule has 5 rings (SSSR count). The van der Waals surface area contributed by atoms with Crippen LogP contribution < -0.4 is 0 Å². The molecule has 0 atom stereocenters. The first-order chi connectivity index (χ1) is 13.2. The van der Waals surface area contributed by atoms with Crippen molar-refractivity contribution in [1.29, 1.82) is 0 Å². The molecule has 27 heavy (non-hydrogen) atoms. The molecule has 1 aromatic heterocycles. The zero-order valence-corrected chi connectivity index (χ0v) is 14.3. The van der Waals surface area contributed by atoms with Gasteiger partial charge in [-0.3, -0.25) is 4.57 Å². The Balaban J connectivity index is 1.89. The number of phenols is 1. The van der Waals surface area contributed by atoms with E-state index in [0.717, 1.165) is 27.5 Å². The van der Waals surface area contributed by atoms with Crippen LogP contribution in [0, 0.1) is 5.82 Å². The molecular weight excluding hydrogens is 339 g/mol. The minimum absolute atomic E-state index is 0.163. The van der Waals surface area contributed by atoms with Gasteiger partial charge >= 0.3 is 0 Å². The van der Waals surface area contributed by atoms with E-state index in [2.05, 4.69) is 22.8 Å². The molecule has 0 aliphatic carbocycles. The number of benzene rings is 4. The van der Waals surface area contributed by atoms with Crippen molar-refractivity contribution in [3.8, 4) is 22.8 Å². The van der Waals surface area contributed by atoms with Crippen LogP contribution in [0.1, 0.15) is 0 Å². The van der Waals surface area contributed by atoms with Crippen molar-refractivity contribution in [3.05, 3.63) is 90.7 Å². The quantitative estimate of drug-likeness (QED) is 0.442. The molecule has 0 spiro atoms. The molecule has 1 heterocycles. The highest BCUT2D eigenvalue weighted by Gasteiger charge is 2.16. The lowest BCUT2D eigenvalue weighted by Gasteiger charge is -2.12. The first kappa shape index (κ1) is 15.6. The smallest absolute Gasteiger partial charge is 0.145 e. The number of phenolic OH excluding ortho intramolecular Hbond substituents is 1. The van der Waals surface area contributed by atoms with E-state index in [1.165, 1.54) is 12.1 Å². The SMILES string of the molecule is Oc1ccc2c(c1)nc(-c1ccc(F)cc1)n2-c1cccc2ccccc12. The second-order valence-electron chi connectivity index (χ2n) is 6.45. The van der Waals surface area contributed by atoms with E-state index in [-0.39, 0.29) is 11.6 Å². The standard InChI is InChI=1S/C23H15FN2O/c24-17-10-8-16(9-11-17)23-25-20-14-18(27)12-13-22(20)26(23)21-7-3-5-15-4-1-2-6-19(15)21/h1-14,27H. The van der Waals surface area contributed by atoms with E-state index in [1.807, 2.05) is 30.3 Å². The predicted molar refractivity (Wildman–Crippen MR) is 106 cm³/mol. The summed E-state index contributed by atoms with van der Waals surface area (Å²) in [5, 5.41) is 12.1. The molecule has 3 nitrogen and oxygen atoms in total. The van der Waals surface area contributed by atoms with E-state index in [4.69, 9.17) is 4.98 Å². The first-order valence-electron chi connectivity index (χ1n) is 8.66. The number of nitrogens with zero attached hydrogens (tertiary/aromatic N) is 2. The zero-order chi connectivity index (χ0) is 18.4. The number of aromatic nitrogens is 2. The molecule has 0 unspecified atom stereocenters. The molecule has 0 radical (unpaired) electrons. The molecule has 0 aliphatic heterocycles. The molecule has 0 bridgehead atoms. The van der Waals surface area contributed by atoms with Gasteiger partial charge in [-0.05, 0) is 47.9 Å². The van der Waals surface area contributed by atoms with E-state index in [1.54, 1.807) is 24.3 Å². The number of imidazole rings is 1. The molecule has 1 N–H and O–H groups in total. The minimum Gasteiger partial charge on any atom is -0.508 e. The van der Waals surface area contributed by atoms with Crippen LogP contribution in [0.5, 0.6) is 5.75 Å². The fraction of sp³-hybridized carbons (Fsp3) is 0. The zero-order valence-electron chi connectivity index (χ0n) is 14.3. The molecule has 0 saturated heterocycles. The van der Waals surface area contributed by atoms with Gasteiger partial charge in [-0.1, -0.05) is 36.4 Å². The number of aromatic hydroxyl groups is 1. The van der Waals surface area contributed by atoms with Crippen LogP contribution in [0.3, 0.4) is 0 Å². The summed E-state index contributed by atoms with van der Waals surface area (Å²) >= 11 is 0. The summed E-state index contributed by atoms with van der Waals surface area (Å²) in [4.78, 5) is 4.74. The molecule has 0 fully saturated rings. The number of halogens is 1. The van der Waals surface area contributed by atoms with Crippen molar-refractivity contribution >= 4 is 21.8 Å². The van der Waals surface area contributed by atoms with Gasteiger partial charge in [-0.25, -0.2) is 9.37 Å². The van der Waals surface area contributed by atoms with Crippen LogP contribution in [0.25, 0.3) is 38.9 Å². The van der Waals surface area contributed by atoms with Crippen LogP contribution in [0.4, 0.5) is 4.39 Å². The van der Waals surface area contributed by atoms with Gasteiger partial charge < -0.3 is 5.11 Å². The first-order valence-corrected chi connectivity index (χ1v) is 8.66. The lowest BCUT2D eigenvalue weighted by molar-refractivity contribution is 0.476. The lowest BCUT2D eigenvalue weighted by Crippen LogP contribution is -1.98. The average molecular weight is 354 g/mol. The van der Waals surface area contributed by atoms with Gasteiger partial charge in [0.2, 0.25) is 0 Å². The molecule has 0 saturated carbocycles. The monoisotopic (exact) mass is 354 g/mol. The van der Waals surface area contributed by atoms with Gasteiger partial charge in [-0.2, -0.15) is 0 Å². The Kier molecular flexibility index (Phi) is 3.44. The van der Waals surface area contributed by atoms with Crippen molar-refractivity contribution in [1.82, 2.24) is 9.55 Å². The van der Waals surface area contributed by atoms with Crippen molar-refractivity contribution < 1.29 is 9.50 Å². The average Bonchev–Trinajstić information content (AvgIpc) is 3.06. The Labute approximate surface area is 155 Å². The van der Waals surface area contributed by atoms with Crippen molar-refractivity contribution in [2.24, 2.45) is 0 Å². The van der Waals surface area contributed by atoms with Gasteiger partial charge in [0.1, 0.15) is 17.4 Å². The number of hydrogen-bond donors (Lipinski definition) is 1. The van der Waals surface area contributed by atoms with Gasteiger partial charge in [-0.15, -0.1) is 0 Å². The lowest BCUT2D eigenvalue weighted by atomic mass is 10.1. The van der Waals surface area contributed by atoms with E-state index in [9.17, 15) is 9.50 Å². The van der Waals surface area contributed by atoms with Crippen LogP contribution in [0.2, 0.25) is 0 Å². The highest BCUT2D eigenvalue weighted by atomic mass is 19.1. The Hall–Kier alpha value is -3.66. The maximum Gasteiger partial charge on any atom is 0.145 e. The third-order valence-electron chi connectivity index (χ3n) is 4.75. The van der Waals surface area contributed by atoms with Gasteiger partial charge in [0.15, 0.2) is 0 Å². The fourth-order valence-electron chi connectivity index (χ4n) is 3.51. The van der Waals surface area contributed by atoms with Crippen LogP contribution >= 0.6 is 0 Å². The maximum atomic E-state index is 13.4. The largest absolute Gasteiger partial charge is 0.508 e. The molecule has 5 aromatic rings. The summed E-state index contributed by atoms with van der Waals surface area (Å²) in [6.07, 6.45) is 0. The third-order valence-corrected chi connectivity index (χ3v) is 4.75. The molecule has 4 heteroatoms. The summed E-state index contributed by atoms with van der Waals surface area (Å²) in [5.74, 6) is 0.576. The Morgan fingerprint density at radius 2 is 1.59 bits per heavy atom. The Morgan fingerprint density at radius 3 is 2.44 bits per heavy atom. The molecular formula is C23H15FN2O. The topological polar surface area (TPSA) is 38.1 Å². The summed E-state index contributed by atoms with van der Waals surface area (Å²) in [5.41, 5.74) is 3.35. The summed E-state index contributed by atoms with van der Waals surface area (Å²) in [6, 6.07) is 25.7. The molecule has 0 amide bonds. The normalized spacial score (nSPS) is 11.3. The number of rotatable bonds is 2. The minimum atomic E-state index is -0.288. The number of hydrogen-bond acceptors (Lipinski definition) is 2. The second kappa shape index (κ2) is 5.95. The number of fused-ring (bicyclic) bond motifs is 2. The van der Waals surface area contributed by atoms with Crippen LogP contribution in [-0.2, 0) is 0 Å². The van der Waals surface area contributed by atoms with Crippen molar-refractivity contribution in [2.45, 2.75) is 0 Å². The van der Waals surface area contributed by atoms with E-state index in [0.29, 0.717) is 11.3 Å². The highest BCUT2D eigenvalue weighted by molar-refractivity contribution is 5.94. The predicted octanol–water partition coefficient (Wildman–Crippen LogP) is 5.69. The summed E-state index contributed by atoms with van der Waals surface area (Å²) in [7, 11) is 0. The van der Waals surface area contributed by atoms with E-state index >= 15 is 0 Å². The molecule has 0 aliphatic rings. The van der Waals surface area contributed by atoms with Gasteiger partial charge in [0.25, 0.3) is 0 Å². The van der Waals surface area contributed by atoms with Crippen LogP contribution in [-0.4, -0.2) is 14.7 Å². The Bertz CT molecular complexity index is 1280.